The SMILES string of the molecule is C[C@H]1O[C@@H](OC[C@@H]2O[C@@H](c3c(O)cc4c(c3O)C(=O)C[C@@H](c3ccc(O)cc3)O4)[C@H](O)[C@@H](O)[C@@H]2O)[C@H](O)[C@H](O)[C@H]1O. The van der Waals surface area contributed by atoms with Crippen molar-refractivity contribution in [1.29, 1.82) is 0 Å². The lowest BCUT2D eigenvalue weighted by Gasteiger charge is -2.43. The number of aliphatic hydroxyl groups is 6. The Balaban J connectivity index is 1.38. The van der Waals surface area contributed by atoms with Crippen molar-refractivity contribution in [3.8, 4) is 23.0 Å². The fraction of sp³-hybridized carbons (Fsp3) is 0.519. The average Bonchev–Trinajstić information content (AvgIpc) is 2.93. The largest absolute Gasteiger partial charge is 0.508 e. The molecule has 41 heavy (non-hydrogen) atoms. The van der Waals surface area contributed by atoms with Crippen LogP contribution in [0.1, 0.15) is 47.0 Å². The third kappa shape index (κ3) is 5.34. The summed E-state index contributed by atoms with van der Waals surface area (Å²) >= 11 is 0. The highest BCUT2D eigenvalue weighted by Crippen LogP contribution is 2.49. The van der Waals surface area contributed by atoms with E-state index < -0.39 is 96.8 Å². The van der Waals surface area contributed by atoms with Gasteiger partial charge in [-0.3, -0.25) is 4.79 Å². The number of Topliss-reactive ketones (excluding diaryl/α,β-unsaturated/α-hetero) is 1. The molecule has 0 amide bonds. The number of ether oxygens (including phenoxy) is 4. The molecule has 14 nitrogen and oxygen atoms in total. The molecule has 11 atom stereocenters. The highest BCUT2D eigenvalue weighted by atomic mass is 16.7. The van der Waals surface area contributed by atoms with Crippen LogP contribution in [0.2, 0.25) is 0 Å². The van der Waals surface area contributed by atoms with Crippen LogP contribution in [0.25, 0.3) is 0 Å². The number of carbonyl (C=O) groups is 1. The molecule has 3 aliphatic rings. The molecule has 2 fully saturated rings. The van der Waals surface area contributed by atoms with E-state index in [9.17, 15) is 50.8 Å². The van der Waals surface area contributed by atoms with Crippen molar-refractivity contribution in [2.24, 2.45) is 0 Å². The van der Waals surface area contributed by atoms with Crippen molar-refractivity contribution in [1.82, 2.24) is 0 Å². The molecular formula is C27H32O14. The number of aromatic hydroxyl groups is 3. The molecule has 0 saturated carbocycles. The first kappa shape index (κ1) is 29.4. The van der Waals surface area contributed by atoms with E-state index in [-0.39, 0.29) is 23.5 Å². The molecule has 0 unspecified atom stereocenters. The van der Waals surface area contributed by atoms with E-state index >= 15 is 0 Å². The van der Waals surface area contributed by atoms with Gasteiger partial charge in [-0.15, -0.1) is 0 Å². The van der Waals surface area contributed by atoms with Crippen LogP contribution in [0.5, 0.6) is 23.0 Å². The summed E-state index contributed by atoms with van der Waals surface area (Å²) in [6.07, 6.45) is -16.4. The number of hydrogen-bond donors (Lipinski definition) is 9. The molecule has 3 aliphatic heterocycles. The van der Waals surface area contributed by atoms with Gasteiger partial charge < -0.3 is 64.9 Å². The summed E-state index contributed by atoms with van der Waals surface area (Å²) in [5.41, 5.74) is -0.148. The van der Waals surface area contributed by atoms with Crippen LogP contribution in [-0.4, -0.2) is 113 Å². The van der Waals surface area contributed by atoms with Gasteiger partial charge >= 0.3 is 0 Å². The van der Waals surface area contributed by atoms with Gasteiger partial charge in [0.2, 0.25) is 0 Å². The zero-order valence-corrected chi connectivity index (χ0v) is 21.7. The van der Waals surface area contributed by atoms with E-state index in [2.05, 4.69) is 0 Å². The number of hydrogen-bond acceptors (Lipinski definition) is 14. The van der Waals surface area contributed by atoms with Crippen LogP contribution in [0.3, 0.4) is 0 Å². The molecule has 2 aromatic rings. The first-order valence-electron chi connectivity index (χ1n) is 13.0. The second-order valence-corrected chi connectivity index (χ2v) is 10.4. The maximum Gasteiger partial charge on any atom is 0.186 e. The van der Waals surface area contributed by atoms with Crippen LogP contribution >= 0.6 is 0 Å². The van der Waals surface area contributed by atoms with E-state index in [1.54, 1.807) is 12.1 Å². The topological polar surface area (TPSA) is 236 Å². The molecule has 0 aromatic heterocycles. The predicted octanol–water partition coefficient (Wildman–Crippen LogP) is -1.12. The minimum absolute atomic E-state index is 0.0201. The molecule has 2 aromatic carbocycles. The third-order valence-electron chi connectivity index (χ3n) is 7.70. The van der Waals surface area contributed by atoms with Gasteiger partial charge in [0, 0.05) is 6.07 Å². The molecule has 3 heterocycles. The van der Waals surface area contributed by atoms with Crippen molar-refractivity contribution in [2.45, 2.75) is 80.7 Å². The Labute approximate surface area is 233 Å². The second-order valence-electron chi connectivity index (χ2n) is 10.4. The molecule has 9 N–H and O–H groups in total. The van der Waals surface area contributed by atoms with Crippen molar-refractivity contribution in [2.75, 3.05) is 6.61 Å². The fourth-order valence-corrected chi connectivity index (χ4v) is 5.30. The Hall–Kier alpha value is -3.05. The van der Waals surface area contributed by atoms with E-state index in [0.29, 0.717) is 5.56 Å². The zero-order chi connectivity index (χ0) is 29.7. The van der Waals surface area contributed by atoms with Gasteiger partial charge in [-0.25, -0.2) is 0 Å². The third-order valence-corrected chi connectivity index (χ3v) is 7.70. The molecule has 0 aliphatic carbocycles. The molecule has 2 saturated heterocycles. The van der Waals surface area contributed by atoms with Gasteiger partial charge in [0.15, 0.2) is 12.1 Å². The van der Waals surface area contributed by atoms with Crippen LogP contribution < -0.4 is 4.74 Å². The summed E-state index contributed by atoms with van der Waals surface area (Å²) in [6, 6.07) is 7.04. The number of phenolic OH excluding ortho intramolecular Hbond substituents is 3. The quantitative estimate of drug-likeness (QED) is 0.204. The van der Waals surface area contributed by atoms with Crippen LogP contribution in [0.4, 0.5) is 0 Å². The Morgan fingerprint density at radius 1 is 0.854 bits per heavy atom. The number of phenols is 3. The number of benzene rings is 2. The molecule has 14 heteroatoms. The number of fused-ring (bicyclic) bond motifs is 1. The summed E-state index contributed by atoms with van der Waals surface area (Å²) < 4.78 is 22.4. The van der Waals surface area contributed by atoms with E-state index in [0.717, 1.165) is 6.07 Å². The van der Waals surface area contributed by atoms with Crippen LogP contribution in [-0.2, 0) is 14.2 Å². The molecule has 224 valence electrons. The summed E-state index contributed by atoms with van der Waals surface area (Å²) in [4.78, 5) is 13.1. The summed E-state index contributed by atoms with van der Waals surface area (Å²) in [7, 11) is 0. The minimum atomic E-state index is -1.87. The molecule has 5 rings (SSSR count). The number of ketones is 1. The lowest BCUT2D eigenvalue weighted by Crippen LogP contribution is -2.59. The van der Waals surface area contributed by atoms with Crippen molar-refractivity contribution in [3.63, 3.8) is 0 Å². The van der Waals surface area contributed by atoms with Gasteiger partial charge in [-0.1, -0.05) is 12.1 Å². The van der Waals surface area contributed by atoms with Gasteiger partial charge in [0.1, 0.15) is 83.5 Å². The Morgan fingerprint density at radius 3 is 2.20 bits per heavy atom. The highest BCUT2D eigenvalue weighted by Gasteiger charge is 2.48. The van der Waals surface area contributed by atoms with E-state index in [1.807, 2.05) is 0 Å². The lowest BCUT2D eigenvalue weighted by atomic mass is 9.87. The van der Waals surface area contributed by atoms with Crippen LogP contribution in [0, 0.1) is 0 Å². The van der Waals surface area contributed by atoms with Gasteiger partial charge in [-0.05, 0) is 24.6 Å². The van der Waals surface area contributed by atoms with Gasteiger partial charge in [0.25, 0.3) is 0 Å². The Morgan fingerprint density at radius 2 is 1.51 bits per heavy atom. The summed E-state index contributed by atoms with van der Waals surface area (Å²) in [5, 5.41) is 93.2. The number of aliphatic hydroxyl groups excluding tert-OH is 6. The first-order valence-corrected chi connectivity index (χ1v) is 13.0. The van der Waals surface area contributed by atoms with Crippen molar-refractivity contribution >= 4 is 5.78 Å². The summed E-state index contributed by atoms with van der Waals surface area (Å²) in [6.45, 7) is 0.888. The zero-order valence-electron chi connectivity index (χ0n) is 21.7. The van der Waals surface area contributed by atoms with Crippen LogP contribution in [0.15, 0.2) is 30.3 Å². The van der Waals surface area contributed by atoms with Gasteiger partial charge in [0.05, 0.1) is 24.7 Å². The van der Waals surface area contributed by atoms with Crippen molar-refractivity contribution in [3.05, 3.63) is 47.0 Å². The minimum Gasteiger partial charge on any atom is -0.508 e. The smallest absolute Gasteiger partial charge is 0.186 e. The lowest BCUT2D eigenvalue weighted by molar-refractivity contribution is -0.308. The standard InChI is InChI=1S/C27H32O14/c1-9-19(31)22(34)25(37)27(39-9)38-8-16-20(32)23(35)24(36)26(41-16)18-13(30)7-15-17(21(18)33)12(29)6-14(40-15)10-2-4-11(28)5-3-10/h2-5,7,9,14,16,19-20,22-28,30-37H,6,8H2,1H3/t9-,14+,16+,19+,20-,22-,23+,24-,25-,26+,27-/m1/s1. The fourth-order valence-electron chi connectivity index (χ4n) is 5.30. The maximum atomic E-state index is 13.1. The van der Waals surface area contributed by atoms with Crippen molar-refractivity contribution < 1.29 is 69.7 Å². The Bertz CT molecular complexity index is 1270. The normalized spacial score (nSPS) is 37.3. The number of rotatable bonds is 5. The Kier molecular flexibility index (Phi) is 8.13. The number of carbonyl (C=O) groups excluding carboxylic acids is 1. The molecule has 0 radical (unpaired) electrons. The van der Waals surface area contributed by atoms with E-state index in [4.69, 9.17) is 18.9 Å². The predicted molar refractivity (Wildman–Crippen MR) is 134 cm³/mol. The molecule has 0 bridgehead atoms. The maximum absolute atomic E-state index is 13.1. The van der Waals surface area contributed by atoms with E-state index in [1.165, 1.54) is 19.1 Å². The molecule has 0 spiro atoms. The molecular weight excluding hydrogens is 548 g/mol. The average molecular weight is 581 g/mol. The summed E-state index contributed by atoms with van der Waals surface area (Å²) in [5.74, 6) is -2.05. The first-order chi connectivity index (χ1) is 19.4. The monoisotopic (exact) mass is 580 g/mol. The van der Waals surface area contributed by atoms with Gasteiger partial charge in [-0.2, -0.15) is 0 Å². The highest BCUT2D eigenvalue weighted by molar-refractivity contribution is 6.03. The second kappa shape index (κ2) is 11.3.